The van der Waals surface area contributed by atoms with Gasteiger partial charge in [-0.25, -0.2) is 4.79 Å². The summed E-state index contributed by atoms with van der Waals surface area (Å²) in [6.07, 6.45) is 7.46. The summed E-state index contributed by atoms with van der Waals surface area (Å²) < 4.78 is 0. The van der Waals surface area contributed by atoms with Gasteiger partial charge < -0.3 is 10.2 Å². The fourth-order valence-electron chi connectivity index (χ4n) is 3.91. The number of aromatic nitrogens is 3. The Labute approximate surface area is 135 Å². The van der Waals surface area contributed by atoms with Gasteiger partial charge in [-0.1, -0.05) is 17.7 Å². The molecule has 0 spiro atoms. The Kier molecular flexibility index (Phi) is 3.52. The van der Waals surface area contributed by atoms with Crippen LogP contribution in [0.4, 0.5) is 10.5 Å². The third kappa shape index (κ3) is 2.69. The van der Waals surface area contributed by atoms with E-state index in [-0.39, 0.29) is 18.1 Å². The number of aryl methyl sites for hydroxylation is 1. The smallest absolute Gasteiger partial charge is 0.318 e. The van der Waals surface area contributed by atoms with Gasteiger partial charge in [0.05, 0.1) is 18.4 Å². The Morgan fingerprint density at radius 3 is 2.26 bits per heavy atom. The number of piperidine rings is 1. The molecule has 2 amide bonds. The average Bonchev–Trinajstić information content (AvgIpc) is 3.16. The molecule has 0 radical (unpaired) electrons. The third-order valence-corrected chi connectivity index (χ3v) is 5.01. The van der Waals surface area contributed by atoms with E-state index in [2.05, 4.69) is 15.5 Å². The minimum Gasteiger partial charge on any atom is -0.318 e. The number of hydrogen-bond acceptors (Lipinski definition) is 3. The van der Waals surface area contributed by atoms with Gasteiger partial charge in [0, 0.05) is 17.8 Å². The summed E-state index contributed by atoms with van der Waals surface area (Å²) in [6, 6.07) is 8.84. The molecule has 2 aliphatic heterocycles. The highest BCUT2D eigenvalue weighted by Crippen LogP contribution is 2.40. The number of rotatable bonds is 2. The lowest BCUT2D eigenvalue weighted by molar-refractivity contribution is 0.124. The number of amides is 2. The van der Waals surface area contributed by atoms with E-state index in [9.17, 15) is 4.79 Å². The standard InChI is InChI=1S/C17H21N5O/c1-12-2-4-13(5-3-12)20-17(23)21-14-6-7-15(21)11-16(10-14)22-18-8-9-19-22/h2-5,8-9,14-16H,6-7,10-11H2,1H3,(H,20,23). The van der Waals surface area contributed by atoms with Crippen LogP contribution in [-0.2, 0) is 0 Å². The van der Waals surface area contributed by atoms with Gasteiger partial charge in [0.25, 0.3) is 0 Å². The fraction of sp³-hybridized carbons (Fsp3) is 0.471. The second-order valence-electron chi connectivity index (χ2n) is 6.56. The summed E-state index contributed by atoms with van der Waals surface area (Å²) in [6.45, 7) is 2.04. The molecule has 4 rings (SSSR count). The zero-order valence-corrected chi connectivity index (χ0v) is 13.2. The molecule has 2 aromatic rings. The normalized spacial score (nSPS) is 26.3. The zero-order valence-electron chi connectivity index (χ0n) is 13.2. The SMILES string of the molecule is Cc1ccc(NC(=O)N2C3CCC2CC(n2nccn2)C3)cc1. The second kappa shape index (κ2) is 5.68. The number of nitrogens with zero attached hydrogens (tertiary/aromatic N) is 4. The van der Waals surface area contributed by atoms with Gasteiger partial charge in [0.15, 0.2) is 0 Å². The molecule has 1 aromatic heterocycles. The highest BCUT2D eigenvalue weighted by atomic mass is 16.2. The number of carbonyl (C=O) groups excluding carboxylic acids is 1. The van der Waals surface area contributed by atoms with Crippen LogP contribution < -0.4 is 5.32 Å². The van der Waals surface area contributed by atoms with Gasteiger partial charge in [-0.3, -0.25) is 0 Å². The van der Waals surface area contributed by atoms with Gasteiger partial charge >= 0.3 is 6.03 Å². The Morgan fingerprint density at radius 2 is 1.65 bits per heavy atom. The molecule has 2 atom stereocenters. The molecule has 3 heterocycles. The van der Waals surface area contributed by atoms with Crippen LogP contribution in [0.25, 0.3) is 0 Å². The molecule has 1 N–H and O–H groups in total. The molecule has 0 saturated carbocycles. The van der Waals surface area contributed by atoms with Crippen molar-refractivity contribution in [3.05, 3.63) is 42.2 Å². The van der Waals surface area contributed by atoms with E-state index in [0.717, 1.165) is 31.4 Å². The van der Waals surface area contributed by atoms with Gasteiger partial charge in [0.1, 0.15) is 0 Å². The first-order valence-corrected chi connectivity index (χ1v) is 8.22. The molecule has 2 unspecified atom stereocenters. The van der Waals surface area contributed by atoms with Crippen LogP contribution >= 0.6 is 0 Å². The first kappa shape index (κ1) is 14.2. The molecule has 120 valence electrons. The molecule has 2 bridgehead atoms. The maximum absolute atomic E-state index is 12.7. The number of carbonyl (C=O) groups is 1. The van der Waals surface area contributed by atoms with Crippen LogP contribution in [0, 0.1) is 6.92 Å². The summed E-state index contributed by atoms with van der Waals surface area (Å²) >= 11 is 0. The first-order valence-electron chi connectivity index (χ1n) is 8.22. The fourth-order valence-corrected chi connectivity index (χ4v) is 3.91. The predicted molar refractivity (Wildman–Crippen MR) is 87.1 cm³/mol. The lowest BCUT2D eigenvalue weighted by Gasteiger charge is -2.38. The van der Waals surface area contributed by atoms with E-state index in [0.29, 0.717) is 6.04 Å². The van der Waals surface area contributed by atoms with E-state index >= 15 is 0 Å². The number of urea groups is 1. The molecule has 2 saturated heterocycles. The lowest BCUT2D eigenvalue weighted by atomic mass is 9.98. The van der Waals surface area contributed by atoms with E-state index in [1.54, 1.807) is 17.2 Å². The number of fused-ring (bicyclic) bond motifs is 2. The Balaban J connectivity index is 1.46. The van der Waals surface area contributed by atoms with Crippen molar-refractivity contribution in [1.29, 1.82) is 0 Å². The van der Waals surface area contributed by atoms with Crippen LogP contribution in [0.5, 0.6) is 0 Å². The molecule has 2 aliphatic rings. The highest BCUT2D eigenvalue weighted by molar-refractivity contribution is 5.90. The summed E-state index contributed by atoms with van der Waals surface area (Å²) in [5.41, 5.74) is 2.05. The number of anilines is 1. The van der Waals surface area contributed by atoms with E-state index < -0.39 is 0 Å². The summed E-state index contributed by atoms with van der Waals surface area (Å²) in [5.74, 6) is 0. The lowest BCUT2D eigenvalue weighted by Crippen LogP contribution is -2.49. The molecular formula is C17H21N5O. The van der Waals surface area contributed by atoms with Crippen LogP contribution in [0.1, 0.15) is 37.3 Å². The highest BCUT2D eigenvalue weighted by Gasteiger charge is 2.44. The van der Waals surface area contributed by atoms with Crippen molar-refractivity contribution in [1.82, 2.24) is 19.9 Å². The topological polar surface area (TPSA) is 63.1 Å². The quantitative estimate of drug-likeness (QED) is 0.927. The predicted octanol–water partition coefficient (Wildman–Crippen LogP) is 2.99. The monoisotopic (exact) mass is 311 g/mol. The molecule has 6 heteroatoms. The number of nitrogens with one attached hydrogen (secondary N) is 1. The van der Waals surface area contributed by atoms with Gasteiger partial charge in [0.2, 0.25) is 0 Å². The summed E-state index contributed by atoms with van der Waals surface area (Å²) in [4.78, 5) is 16.5. The molecular weight excluding hydrogens is 290 g/mol. The minimum atomic E-state index is 0.0215. The van der Waals surface area contributed by atoms with Crippen molar-refractivity contribution in [3.63, 3.8) is 0 Å². The minimum absolute atomic E-state index is 0.0215. The molecule has 23 heavy (non-hydrogen) atoms. The summed E-state index contributed by atoms with van der Waals surface area (Å²) in [5, 5.41) is 11.6. The number of hydrogen-bond donors (Lipinski definition) is 1. The third-order valence-electron chi connectivity index (χ3n) is 5.01. The van der Waals surface area contributed by atoms with E-state index in [1.165, 1.54) is 5.56 Å². The maximum atomic E-state index is 12.7. The van der Waals surface area contributed by atoms with Crippen molar-refractivity contribution in [2.45, 2.75) is 50.7 Å². The average molecular weight is 311 g/mol. The Morgan fingerprint density at radius 1 is 1.04 bits per heavy atom. The van der Waals surface area contributed by atoms with Crippen molar-refractivity contribution in [3.8, 4) is 0 Å². The Bertz CT molecular complexity index is 668. The molecule has 0 aliphatic carbocycles. The van der Waals surface area contributed by atoms with Crippen LogP contribution in [-0.4, -0.2) is 38.0 Å². The van der Waals surface area contributed by atoms with E-state index in [4.69, 9.17) is 0 Å². The Hall–Kier alpha value is -2.37. The van der Waals surface area contributed by atoms with Gasteiger partial charge in [-0.15, -0.1) is 0 Å². The largest absolute Gasteiger partial charge is 0.322 e. The van der Waals surface area contributed by atoms with Crippen molar-refractivity contribution in [2.24, 2.45) is 0 Å². The van der Waals surface area contributed by atoms with Crippen LogP contribution in [0.3, 0.4) is 0 Å². The van der Waals surface area contributed by atoms with Crippen molar-refractivity contribution < 1.29 is 4.79 Å². The van der Waals surface area contributed by atoms with Crippen LogP contribution in [0.2, 0.25) is 0 Å². The first-order chi connectivity index (χ1) is 11.2. The van der Waals surface area contributed by atoms with Crippen molar-refractivity contribution >= 4 is 11.7 Å². The van der Waals surface area contributed by atoms with Gasteiger partial charge in [-0.05, 0) is 44.7 Å². The molecule has 1 aromatic carbocycles. The summed E-state index contributed by atoms with van der Waals surface area (Å²) in [7, 11) is 0. The maximum Gasteiger partial charge on any atom is 0.322 e. The van der Waals surface area contributed by atoms with E-state index in [1.807, 2.05) is 36.1 Å². The van der Waals surface area contributed by atoms with Crippen molar-refractivity contribution in [2.75, 3.05) is 5.32 Å². The second-order valence-corrected chi connectivity index (χ2v) is 6.56. The zero-order chi connectivity index (χ0) is 15.8. The molecule has 6 nitrogen and oxygen atoms in total. The van der Waals surface area contributed by atoms with Gasteiger partial charge in [-0.2, -0.15) is 15.0 Å². The number of benzene rings is 1. The molecule has 2 fully saturated rings. The van der Waals surface area contributed by atoms with Crippen LogP contribution in [0.15, 0.2) is 36.7 Å².